The molecule has 4 nitrogen and oxygen atoms in total. The zero-order valence-electron chi connectivity index (χ0n) is 7.05. The van der Waals surface area contributed by atoms with E-state index in [2.05, 4.69) is 0 Å². The van der Waals surface area contributed by atoms with Crippen molar-refractivity contribution in [2.45, 2.75) is 0 Å². The Kier molecular flexibility index (Phi) is 4.58. The fourth-order valence-electron chi connectivity index (χ4n) is 0.976. The summed E-state index contributed by atoms with van der Waals surface area (Å²) >= 11 is 5.78. The first-order chi connectivity index (χ1) is 6.86. The second kappa shape index (κ2) is 5.12. The third kappa shape index (κ3) is 2.72. The summed E-state index contributed by atoms with van der Waals surface area (Å²) in [7, 11) is 0. The first-order valence-electron chi connectivity index (χ1n) is 3.56. The summed E-state index contributed by atoms with van der Waals surface area (Å²) in [5, 5.41) is 8.92. The van der Waals surface area contributed by atoms with Crippen molar-refractivity contribution in [1.29, 1.82) is 0 Å². The number of carbonyl (C=O) groups excluding carboxylic acids is 1. The maximum atomic E-state index is 11.2. The van der Waals surface area contributed by atoms with Crippen LogP contribution in [0.1, 0.15) is 20.7 Å². The quantitative estimate of drug-likeness (QED) is 0.445. The number of hydrogen-bond donors (Lipinski definition) is 2. The zero-order chi connectivity index (χ0) is 11.7. The molecule has 80 valence electrons. The minimum absolute atomic E-state index is 0.106. The highest BCUT2D eigenvalue weighted by Crippen LogP contribution is 2.27. The fourth-order valence-corrected chi connectivity index (χ4v) is 3.69. The van der Waals surface area contributed by atoms with E-state index in [1.807, 2.05) is 67.8 Å². The van der Waals surface area contributed by atoms with Gasteiger partial charge >= 0.3 is 5.97 Å². The van der Waals surface area contributed by atoms with Crippen LogP contribution < -0.4 is 5.73 Å². The molecule has 0 aromatic heterocycles. The molecule has 0 unspecified atom stereocenters. The van der Waals surface area contributed by atoms with Crippen LogP contribution in [-0.4, -0.2) is 17.0 Å². The number of halogens is 3. The molecule has 15 heavy (non-hydrogen) atoms. The molecular formula is C8H4I3NO3. The topological polar surface area (TPSA) is 80.4 Å². The standard InChI is InChI=1S/C8H4I3NO3/c9-3-1-2(8(14)15)5(10)4(6(3)11)7(12)13/h1H,(H2,12,13)(H,14,15). The van der Waals surface area contributed by atoms with Gasteiger partial charge in [0.2, 0.25) is 0 Å². The van der Waals surface area contributed by atoms with Crippen molar-refractivity contribution in [3.8, 4) is 0 Å². The molecular weight excluding hydrogens is 539 g/mol. The molecule has 0 aliphatic heterocycles. The van der Waals surface area contributed by atoms with Gasteiger partial charge in [-0.05, 0) is 73.8 Å². The Morgan fingerprint density at radius 1 is 1.20 bits per heavy atom. The molecule has 0 saturated heterocycles. The van der Waals surface area contributed by atoms with Crippen molar-refractivity contribution in [3.05, 3.63) is 27.9 Å². The van der Waals surface area contributed by atoms with Crippen molar-refractivity contribution in [1.82, 2.24) is 0 Å². The molecule has 0 atom stereocenters. The summed E-state index contributed by atoms with van der Waals surface area (Å²) in [6, 6.07) is 1.53. The average molecular weight is 543 g/mol. The first kappa shape index (κ1) is 13.4. The highest BCUT2D eigenvalue weighted by Gasteiger charge is 2.20. The molecule has 0 radical (unpaired) electrons. The third-order valence-electron chi connectivity index (χ3n) is 1.63. The number of aromatic carboxylic acids is 1. The summed E-state index contributed by atoms with van der Waals surface area (Å²) in [4.78, 5) is 22.1. The maximum absolute atomic E-state index is 11.2. The minimum atomic E-state index is -1.06. The van der Waals surface area contributed by atoms with E-state index in [0.29, 0.717) is 10.7 Å². The van der Waals surface area contributed by atoms with E-state index in [9.17, 15) is 9.59 Å². The Balaban J connectivity index is 3.63. The highest BCUT2D eigenvalue weighted by molar-refractivity contribution is 14.1. The number of amides is 1. The molecule has 0 saturated carbocycles. The van der Waals surface area contributed by atoms with E-state index in [1.54, 1.807) is 0 Å². The third-order valence-corrected chi connectivity index (χ3v) is 5.76. The molecule has 0 spiro atoms. The normalized spacial score (nSPS) is 10.1. The van der Waals surface area contributed by atoms with Crippen LogP contribution in [0.3, 0.4) is 0 Å². The number of carboxylic acid groups (broad SMARTS) is 1. The molecule has 0 aliphatic carbocycles. The smallest absolute Gasteiger partial charge is 0.336 e. The monoisotopic (exact) mass is 543 g/mol. The van der Waals surface area contributed by atoms with Gasteiger partial charge in [0, 0.05) is 10.7 Å². The zero-order valence-corrected chi connectivity index (χ0v) is 13.5. The maximum Gasteiger partial charge on any atom is 0.336 e. The van der Waals surface area contributed by atoms with Crippen molar-refractivity contribution >= 4 is 79.6 Å². The van der Waals surface area contributed by atoms with Crippen LogP contribution >= 0.6 is 67.8 Å². The molecule has 3 N–H and O–H groups in total. The van der Waals surface area contributed by atoms with Gasteiger partial charge in [-0.1, -0.05) is 0 Å². The Morgan fingerprint density at radius 3 is 2.13 bits per heavy atom. The number of benzene rings is 1. The van der Waals surface area contributed by atoms with Gasteiger partial charge in [0.15, 0.2) is 0 Å². The summed E-state index contributed by atoms with van der Waals surface area (Å²) in [6.45, 7) is 0. The molecule has 1 aromatic rings. The van der Waals surface area contributed by atoms with Crippen molar-refractivity contribution < 1.29 is 14.7 Å². The molecule has 0 aliphatic rings. The molecule has 0 heterocycles. The van der Waals surface area contributed by atoms with Crippen molar-refractivity contribution in [2.75, 3.05) is 0 Å². The van der Waals surface area contributed by atoms with Crippen LogP contribution in [0.25, 0.3) is 0 Å². The summed E-state index contributed by atoms with van der Waals surface area (Å²) in [6.07, 6.45) is 0. The lowest BCUT2D eigenvalue weighted by Gasteiger charge is -2.08. The lowest BCUT2D eigenvalue weighted by atomic mass is 10.1. The molecule has 0 fully saturated rings. The van der Waals surface area contributed by atoms with Gasteiger partial charge in [-0.3, -0.25) is 4.79 Å². The predicted molar refractivity (Wildman–Crippen MR) is 80.1 cm³/mol. The van der Waals surface area contributed by atoms with Crippen LogP contribution in [-0.2, 0) is 0 Å². The lowest BCUT2D eigenvalue weighted by molar-refractivity contribution is 0.0695. The van der Waals surface area contributed by atoms with E-state index in [1.165, 1.54) is 6.07 Å². The van der Waals surface area contributed by atoms with Crippen molar-refractivity contribution in [2.24, 2.45) is 5.73 Å². The van der Waals surface area contributed by atoms with E-state index in [-0.39, 0.29) is 11.1 Å². The van der Waals surface area contributed by atoms with Crippen LogP contribution in [0, 0.1) is 10.7 Å². The lowest BCUT2D eigenvalue weighted by Crippen LogP contribution is -2.18. The number of carbonyl (C=O) groups is 2. The second-order valence-corrected chi connectivity index (χ2v) is 5.90. The fraction of sp³-hybridized carbons (Fsp3) is 0. The van der Waals surface area contributed by atoms with Gasteiger partial charge in [-0.15, -0.1) is 0 Å². The van der Waals surface area contributed by atoms with E-state index >= 15 is 0 Å². The Hall–Kier alpha value is 0.350. The number of carboxylic acids is 1. The molecule has 1 rings (SSSR count). The van der Waals surface area contributed by atoms with E-state index < -0.39 is 11.9 Å². The molecule has 1 amide bonds. The molecule has 0 bridgehead atoms. The summed E-state index contributed by atoms with van der Waals surface area (Å²) in [5.74, 6) is -1.67. The van der Waals surface area contributed by atoms with Crippen LogP contribution in [0.15, 0.2) is 6.07 Å². The largest absolute Gasteiger partial charge is 0.478 e. The number of hydrogen-bond acceptors (Lipinski definition) is 2. The summed E-state index contributed by atoms with van der Waals surface area (Å²) in [5.41, 5.74) is 5.59. The number of rotatable bonds is 2. The van der Waals surface area contributed by atoms with Gasteiger partial charge in [0.1, 0.15) is 0 Å². The van der Waals surface area contributed by atoms with E-state index in [4.69, 9.17) is 10.8 Å². The Bertz CT molecular complexity index is 459. The van der Waals surface area contributed by atoms with Gasteiger partial charge in [0.25, 0.3) is 5.91 Å². The predicted octanol–water partition coefficient (Wildman–Crippen LogP) is 2.30. The van der Waals surface area contributed by atoms with Crippen LogP contribution in [0.2, 0.25) is 0 Å². The molecule has 7 heteroatoms. The van der Waals surface area contributed by atoms with Crippen LogP contribution in [0.4, 0.5) is 0 Å². The minimum Gasteiger partial charge on any atom is -0.478 e. The summed E-state index contributed by atoms with van der Waals surface area (Å²) < 4.78 is 1.78. The number of primary amides is 1. The second-order valence-electron chi connectivity index (χ2n) is 2.58. The molecule has 1 aromatic carbocycles. The van der Waals surface area contributed by atoms with Crippen LogP contribution in [0.5, 0.6) is 0 Å². The van der Waals surface area contributed by atoms with Gasteiger partial charge in [-0.2, -0.15) is 0 Å². The highest BCUT2D eigenvalue weighted by atomic mass is 127. The first-order valence-corrected chi connectivity index (χ1v) is 6.80. The Labute approximate surface area is 126 Å². The average Bonchev–Trinajstić information content (AvgIpc) is 2.10. The number of nitrogens with two attached hydrogens (primary N) is 1. The Morgan fingerprint density at radius 2 is 1.73 bits per heavy atom. The van der Waals surface area contributed by atoms with Gasteiger partial charge in [-0.25, -0.2) is 4.79 Å². The van der Waals surface area contributed by atoms with Gasteiger partial charge in [0.05, 0.1) is 11.1 Å². The SMILES string of the molecule is NC(=O)c1c(I)c(I)cc(C(=O)O)c1I. The van der Waals surface area contributed by atoms with E-state index in [0.717, 1.165) is 0 Å². The van der Waals surface area contributed by atoms with Crippen molar-refractivity contribution in [3.63, 3.8) is 0 Å². The van der Waals surface area contributed by atoms with Gasteiger partial charge < -0.3 is 10.8 Å².